The largest absolute Gasteiger partial charge is 0.460 e. The Balaban J connectivity index is 1.43. The highest BCUT2D eigenvalue weighted by Gasteiger charge is 2.23. The monoisotopic (exact) mass is 580 g/mol. The second-order valence-corrected chi connectivity index (χ2v) is 11.6. The van der Waals surface area contributed by atoms with E-state index in [1.807, 2.05) is 45.1 Å². The van der Waals surface area contributed by atoms with E-state index >= 15 is 0 Å². The maximum atomic E-state index is 13.0. The molecule has 0 saturated heterocycles. The topological polar surface area (TPSA) is 113 Å². The summed E-state index contributed by atoms with van der Waals surface area (Å²) in [7, 11) is 0. The van der Waals surface area contributed by atoms with Crippen molar-refractivity contribution in [3.63, 3.8) is 0 Å². The van der Waals surface area contributed by atoms with Crippen LogP contribution >= 0.6 is 23.2 Å². The van der Waals surface area contributed by atoms with Crippen LogP contribution in [0.4, 0.5) is 5.82 Å². The van der Waals surface area contributed by atoms with Gasteiger partial charge in [0.25, 0.3) is 5.91 Å². The van der Waals surface area contributed by atoms with Crippen LogP contribution in [0.15, 0.2) is 48.8 Å². The molecule has 0 bridgehead atoms. The van der Waals surface area contributed by atoms with Crippen molar-refractivity contribution in [3.8, 4) is 0 Å². The van der Waals surface area contributed by atoms with Gasteiger partial charge in [-0.3, -0.25) is 9.59 Å². The maximum Gasteiger partial charge on any atom is 0.306 e. The molecule has 5 rings (SSSR count). The van der Waals surface area contributed by atoms with Gasteiger partial charge in [0.15, 0.2) is 0 Å². The first-order valence-electron chi connectivity index (χ1n) is 13.1. The molecule has 2 aromatic carbocycles. The van der Waals surface area contributed by atoms with E-state index in [0.717, 1.165) is 11.0 Å². The zero-order valence-corrected chi connectivity index (χ0v) is 24.0. The van der Waals surface area contributed by atoms with E-state index in [1.54, 1.807) is 23.1 Å². The third kappa shape index (κ3) is 6.37. The quantitative estimate of drug-likeness (QED) is 0.181. The molecule has 1 aliphatic rings. The van der Waals surface area contributed by atoms with E-state index < -0.39 is 5.60 Å². The van der Waals surface area contributed by atoms with E-state index in [0.29, 0.717) is 64.1 Å². The van der Waals surface area contributed by atoms with E-state index in [4.69, 9.17) is 32.9 Å². The predicted molar refractivity (Wildman–Crippen MR) is 157 cm³/mol. The molecule has 4 aromatic rings. The third-order valence-electron chi connectivity index (χ3n) is 6.46. The summed E-state index contributed by atoms with van der Waals surface area (Å²) in [5.74, 6) is 0.806. The lowest BCUT2D eigenvalue weighted by Gasteiger charge is -2.21. The molecule has 1 atom stereocenters. The van der Waals surface area contributed by atoms with Crippen LogP contribution in [0.5, 0.6) is 0 Å². The molecular weight excluding hydrogens is 551 g/mol. The average molecular weight is 582 g/mol. The van der Waals surface area contributed by atoms with Gasteiger partial charge >= 0.3 is 5.97 Å². The number of esters is 1. The van der Waals surface area contributed by atoms with Crippen molar-refractivity contribution < 1.29 is 14.3 Å². The lowest BCUT2D eigenvalue weighted by Crippen LogP contribution is -2.28. The third-order valence-corrected chi connectivity index (χ3v) is 7.00. The molecule has 0 radical (unpaired) electrons. The number of nitrogens with one attached hydrogen (secondary N) is 2. The Kier molecular flexibility index (Phi) is 7.96. The number of anilines is 1. The number of benzene rings is 2. The highest BCUT2D eigenvalue weighted by molar-refractivity contribution is 6.35. The molecule has 0 unspecified atom stereocenters. The van der Waals surface area contributed by atoms with Crippen molar-refractivity contribution in [1.82, 2.24) is 24.8 Å². The summed E-state index contributed by atoms with van der Waals surface area (Å²) in [6.45, 7) is 6.65. The summed E-state index contributed by atoms with van der Waals surface area (Å²) in [5.41, 5.74) is 2.01. The van der Waals surface area contributed by atoms with Crippen LogP contribution in [0.25, 0.3) is 21.9 Å². The zero-order chi connectivity index (χ0) is 28.4. The first-order valence-corrected chi connectivity index (χ1v) is 13.8. The summed E-state index contributed by atoms with van der Waals surface area (Å²) in [6.07, 6.45) is 6.72. The lowest BCUT2D eigenvalue weighted by molar-refractivity contribution is -0.154. The van der Waals surface area contributed by atoms with Gasteiger partial charge in [-0.05, 0) is 63.9 Å². The number of aromatic nitrogens is 4. The number of hydrogen-bond donors (Lipinski definition) is 2. The fourth-order valence-electron chi connectivity index (χ4n) is 4.62. The predicted octanol–water partition coefficient (Wildman–Crippen LogP) is 6.49. The Labute approximate surface area is 241 Å². The Bertz CT molecular complexity index is 1600. The molecule has 1 amide bonds. The fraction of sp³-hybridized carbons (Fsp3) is 0.345. The van der Waals surface area contributed by atoms with Crippen LogP contribution in [-0.2, 0) is 9.53 Å². The van der Waals surface area contributed by atoms with Gasteiger partial charge in [-0.1, -0.05) is 35.4 Å². The smallest absolute Gasteiger partial charge is 0.306 e. The first kappa shape index (κ1) is 27.9. The molecular formula is C29H30Cl2N6O3. The van der Waals surface area contributed by atoms with E-state index in [9.17, 15) is 9.59 Å². The number of carbonyl (C=O) groups excluding carboxylic acids is 2. The number of rotatable bonds is 8. The minimum Gasteiger partial charge on any atom is -0.460 e. The van der Waals surface area contributed by atoms with Gasteiger partial charge in [0.05, 0.1) is 33.2 Å². The number of ether oxygens (including phenoxy) is 1. The number of aromatic amines is 1. The highest BCUT2D eigenvalue weighted by atomic mass is 35.5. The Morgan fingerprint density at radius 1 is 1.10 bits per heavy atom. The molecule has 3 heterocycles. The number of amides is 1. The van der Waals surface area contributed by atoms with Crippen molar-refractivity contribution in [2.75, 3.05) is 18.4 Å². The zero-order valence-electron chi connectivity index (χ0n) is 22.5. The van der Waals surface area contributed by atoms with E-state index in [2.05, 4.69) is 20.3 Å². The second kappa shape index (κ2) is 11.4. The van der Waals surface area contributed by atoms with E-state index in [-0.39, 0.29) is 24.3 Å². The summed E-state index contributed by atoms with van der Waals surface area (Å²) in [4.78, 5) is 44.1. The number of carbonyl (C=O) groups is 2. The molecule has 0 spiro atoms. The van der Waals surface area contributed by atoms with Gasteiger partial charge in [-0.15, -0.1) is 0 Å². The molecule has 11 heteroatoms. The summed E-state index contributed by atoms with van der Waals surface area (Å²) in [6, 6.07) is 8.54. The Morgan fingerprint density at radius 3 is 2.62 bits per heavy atom. The molecule has 40 heavy (non-hydrogen) atoms. The van der Waals surface area contributed by atoms with Crippen LogP contribution in [-0.4, -0.2) is 55.4 Å². The number of nitrogens with zero attached hydrogens (tertiary/aromatic N) is 4. The molecule has 0 fully saturated rings. The molecule has 0 aliphatic carbocycles. The Hall–Kier alpha value is -3.69. The highest BCUT2D eigenvalue weighted by Crippen LogP contribution is 2.32. The SMILES string of the molecule is CC(C)(C)OC(=O)CCC[C@H](Nc1ncnc2cc(C(=O)N3CC=CC3)c(Cl)cc12)c1nc2ccc(Cl)cc2[nH]1. The summed E-state index contributed by atoms with van der Waals surface area (Å²) < 4.78 is 5.48. The van der Waals surface area contributed by atoms with Gasteiger partial charge < -0.3 is 19.9 Å². The van der Waals surface area contributed by atoms with Crippen LogP contribution < -0.4 is 5.32 Å². The van der Waals surface area contributed by atoms with Gasteiger partial charge in [-0.25, -0.2) is 15.0 Å². The number of imidazole rings is 1. The van der Waals surface area contributed by atoms with Crippen molar-refractivity contribution in [2.24, 2.45) is 0 Å². The molecule has 2 N–H and O–H groups in total. The van der Waals surface area contributed by atoms with Crippen molar-refractivity contribution in [3.05, 3.63) is 70.2 Å². The summed E-state index contributed by atoms with van der Waals surface area (Å²) in [5, 5.41) is 5.06. The number of halogens is 2. The fourth-order valence-corrected chi connectivity index (χ4v) is 5.04. The standard InChI is InChI=1S/C29H30Cl2N6O3/c1-29(2,3)40-25(38)8-6-7-22(27-34-21-10-9-17(30)13-24(21)36-27)35-26-19-14-20(31)18(15-23(19)32-16-33-26)28(39)37-11-4-5-12-37/h4-5,9-10,13-16,22H,6-8,11-12H2,1-3H3,(H,34,36)(H,32,33,35)/t22-/m0/s1. The average Bonchev–Trinajstić information content (AvgIpc) is 3.57. The second-order valence-electron chi connectivity index (χ2n) is 10.7. The van der Waals surface area contributed by atoms with Crippen molar-refractivity contribution in [2.45, 2.75) is 51.7 Å². The minimum absolute atomic E-state index is 0.147. The molecule has 208 valence electrons. The van der Waals surface area contributed by atoms with Crippen LogP contribution in [0, 0.1) is 0 Å². The number of hydrogen-bond acceptors (Lipinski definition) is 7. The molecule has 0 saturated carbocycles. The maximum absolute atomic E-state index is 13.0. The van der Waals surface area contributed by atoms with Gasteiger partial charge in [0.2, 0.25) is 0 Å². The summed E-state index contributed by atoms with van der Waals surface area (Å²) >= 11 is 12.8. The minimum atomic E-state index is -0.544. The van der Waals surface area contributed by atoms with Crippen LogP contribution in [0.1, 0.15) is 62.3 Å². The van der Waals surface area contributed by atoms with Gasteiger partial charge in [0, 0.05) is 29.9 Å². The lowest BCUT2D eigenvalue weighted by atomic mass is 10.1. The first-order chi connectivity index (χ1) is 19.1. The van der Waals surface area contributed by atoms with E-state index in [1.165, 1.54) is 6.33 Å². The Morgan fingerprint density at radius 2 is 1.88 bits per heavy atom. The number of fused-ring (bicyclic) bond motifs is 2. The number of H-pyrrole nitrogens is 1. The van der Waals surface area contributed by atoms with Crippen molar-refractivity contribution >= 4 is 62.8 Å². The normalized spacial score (nSPS) is 14.2. The molecule has 9 nitrogen and oxygen atoms in total. The van der Waals surface area contributed by atoms with Crippen molar-refractivity contribution in [1.29, 1.82) is 0 Å². The molecule has 1 aliphatic heterocycles. The van der Waals surface area contributed by atoms with Gasteiger partial charge in [-0.2, -0.15) is 0 Å². The molecule has 2 aromatic heterocycles. The van der Waals surface area contributed by atoms with Crippen LogP contribution in [0.2, 0.25) is 10.0 Å². The van der Waals surface area contributed by atoms with Crippen LogP contribution in [0.3, 0.4) is 0 Å². The van der Waals surface area contributed by atoms with Gasteiger partial charge in [0.1, 0.15) is 23.6 Å².